The third-order valence-electron chi connectivity index (χ3n) is 2.82. The molecule has 0 saturated heterocycles. The van der Waals surface area contributed by atoms with Crippen LogP contribution >= 0.6 is 15.9 Å². The van der Waals surface area contributed by atoms with Crippen molar-refractivity contribution in [3.05, 3.63) is 51.6 Å². The molecule has 0 radical (unpaired) electrons. The molecule has 20 heavy (non-hydrogen) atoms. The summed E-state index contributed by atoms with van der Waals surface area (Å²) >= 11 is 3.45. The van der Waals surface area contributed by atoms with Crippen LogP contribution in [0.25, 0.3) is 0 Å². The average molecular weight is 343 g/mol. The predicted octanol–water partition coefficient (Wildman–Crippen LogP) is 3.22. The van der Waals surface area contributed by atoms with Gasteiger partial charge in [0, 0.05) is 17.8 Å². The molecule has 0 bridgehead atoms. The molecule has 0 N–H and O–H groups in total. The molecule has 1 heterocycles. The molecule has 1 unspecified atom stereocenters. The molecular formula is C12H12BrFN4O2. The lowest BCUT2D eigenvalue weighted by Crippen LogP contribution is -2.04. The maximum atomic E-state index is 13.9. The zero-order valence-electron chi connectivity index (χ0n) is 10.7. The lowest BCUT2D eigenvalue weighted by atomic mass is 10.2. The van der Waals surface area contributed by atoms with E-state index in [1.807, 2.05) is 6.92 Å². The number of rotatable bonds is 5. The van der Waals surface area contributed by atoms with Gasteiger partial charge in [0.15, 0.2) is 0 Å². The van der Waals surface area contributed by atoms with Gasteiger partial charge in [-0.05, 0) is 6.42 Å². The molecule has 0 saturated carbocycles. The maximum absolute atomic E-state index is 13.9. The summed E-state index contributed by atoms with van der Waals surface area (Å²) < 4.78 is 15.4. The topological polar surface area (TPSA) is 73.8 Å². The number of nitro benzene ring substituents is 1. The lowest BCUT2D eigenvalue weighted by molar-refractivity contribution is -0.387. The van der Waals surface area contributed by atoms with E-state index >= 15 is 0 Å². The van der Waals surface area contributed by atoms with Gasteiger partial charge >= 0.3 is 5.69 Å². The summed E-state index contributed by atoms with van der Waals surface area (Å²) in [5.74, 6) is -0.833. The molecule has 2 aromatic rings. The van der Waals surface area contributed by atoms with Crippen LogP contribution in [0.1, 0.15) is 29.4 Å². The molecule has 8 heteroatoms. The van der Waals surface area contributed by atoms with Crippen LogP contribution in [0.3, 0.4) is 0 Å². The average Bonchev–Trinajstić information content (AvgIpc) is 2.88. The quantitative estimate of drug-likeness (QED) is 0.475. The number of nitro groups is 1. The third kappa shape index (κ3) is 3.01. The summed E-state index contributed by atoms with van der Waals surface area (Å²) in [6, 6.07) is 4.08. The van der Waals surface area contributed by atoms with E-state index in [4.69, 9.17) is 0 Å². The van der Waals surface area contributed by atoms with Crippen LogP contribution < -0.4 is 0 Å². The van der Waals surface area contributed by atoms with Crippen LogP contribution in [0.2, 0.25) is 0 Å². The molecule has 0 fully saturated rings. The molecule has 0 spiro atoms. The highest BCUT2D eigenvalue weighted by molar-refractivity contribution is 9.09. The van der Waals surface area contributed by atoms with Crippen LogP contribution in [0.15, 0.2) is 24.4 Å². The van der Waals surface area contributed by atoms with Crippen molar-refractivity contribution in [3.63, 3.8) is 0 Å². The van der Waals surface area contributed by atoms with Gasteiger partial charge in [0.1, 0.15) is 0 Å². The van der Waals surface area contributed by atoms with Crippen molar-refractivity contribution in [2.75, 3.05) is 0 Å². The zero-order valence-corrected chi connectivity index (χ0v) is 12.2. The molecule has 2 rings (SSSR count). The van der Waals surface area contributed by atoms with Gasteiger partial charge in [0.05, 0.1) is 22.0 Å². The van der Waals surface area contributed by atoms with E-state index in [0.29, 0.717) is 0 Å². The molecule has 0 amide bonds. The summed E-state index contributed by atoms with van der Waals surface area (Å²) in [4.78, 5) is 10.0. The Morgan fingerprint density at radius 3 is 2.95 bits per heavy atom. The first-order chi connectivity index (χ1) is 9.52. The first-order valence-corrected chi connectivity index (χ1v) is 6.90. The Bertz CT molecular complexity index is 632. The van der Waals surface area contributed by atoms with Crippen molar-refractivity contribution < 1.29 is 9.31 Å². The highest BCUT2D eigenvalue weighted by atomic mass is 79.9. The summed E-state index contributed by atoms with van der Waals surface area (Å²) in [5, 5.41) is 18.6. The minimum atomic E-state index is -0.833. The first kappa shape index (κ1) is 14.6. The largest absolute Gasteiger partial charge is 0.305 e. The second kappa shape index (κ2) is 6.08. The van der Waals surface area contributed by atoms with Gasteiger partial charge in [0.25, 0.3) is 0 Å². The Labute approximate surface area is 122 Å². The number of nitrogens with zero attached hydrogens (tertiary/aromatic N) is 4. The number of benzene rings is 1. The van der Waals surface area contributed by atoms with Crippen LogP contribution in [-0.2, 0) is 6.54 Å². The molecule has 106 valence electrons. The third-order valence-corrected chi connectivity index (χ3v) is 3.94. The van der Waals surface area contributed by atoms with Crippen molar-refractivity contribution in [2.45, 2.75) is 24.7 Å². The molecule has 1 aromatic heterocycles. The first-order valence-electron chi connectivity index (χ1n) is 5.98. The molecule has 6 nitrogen and oxygen atoms in total. The number of aromatic nitrogens is 3. The van der Waals surface area contributed by atoms with Gasteiger partial charge in [-0.25, -0.2) is 4.68 Å². The van der Waals surface area contributed by atoms with E-state index in [-0.39, 0.29) is 16.9 Å². The van der Waals surface area contributed by atoms with Crippen LogP contribution in [0, 0.1) is 15.9 Å². The van der Waals surface area contributed by atoms with Gasteiger partial charge in [-0.3, -0.25) is 10.1 Å². The minimum Gasteiger partial charge on any atom is -0.258 e. The van der Waals surface area contributed by atoms with E-state index in [1.54, 1.807) is 6.20 Å². The number of halogens is 2. The number of hydrogen-bond donors (Lipinski definition) is 0. The Kier molecular flexibility index (Phi) is 4.43. The SMILES string of the molecule is CCC(Br)c1cn(Cc2cccc([N+](=O)[O-])c2F)nn1. The van der Waals surface area contributed by atoms with Crippen LogP contribution in [0.5, 0.6) is 0 Å². The van der Waals surface area contributed by atoms with E-state index in [2.05, 4.69) is 26.2 Å². The van der Waals surface area contributed by atoms with Crippen LogP contribution in [-0.4, -0.2) is 19.9 Å². The van der Waals surface area contributed by atoms with Crippen molar-refractivity contribution in [3.8, 4) is 0 Å². The fourth-order valence-electron chi connectivity index (χ4n) is 1.75. The van der Waals surface area contributed by atoms with E-state index in [1.165, 1.54) is 16.8 Å². The highest BCUT2D eigenvalue weighted by Gasteiger charge is 2.18. The van der Waals surface area contributed by atoms with Crippen LogP contribution in [0.4, 0.5) is 10.1 Å². The van der Waals surface area contributed by atoms with Gasteiger partial charge in [-0.15, -0.1) is 5.10 Å². The van der Waals surface area contributed by atoms with E-state index < -0.39 is 16.4 Å². The van der Waals surface area contributed by atoms with Gasteiger partial charge in [-0.1, -0.05) is 40.2 Å². The Morgan fingerprint density at radius 2 is 2.30 bits per heavy atom. The number of hydrogen-bond acceptors (Lipinski definition) is 4. The molecule has 0 aliphatic heterocycles. The van der Waals surface area contributed by atoms with Gasteiger partial charge in [-0.2, -0.15) is 4.39 Å². The number of alkyl halides is 1. The zero-order chi connectivity index (χ0) is 14.7. The van der Waals surface area contributed by atoms with Crippen molar-refractivity contribution in [1.82, 2.24) is 15.0 Å². The van der Waals surface area contributed by atoms with Crippen molar-refractivity contribution in [1.29, 1.82) is 0 Å². The smallest absolute Gasteiger partial charge is 0.258 e. The van der Waals surface area contributed by atoms with Gasteiger partial charge < -0.3 is 0 Å². The fourth-order valence-corrected chi connectivity index (χ4v) is 1.96. The summed E-state index contributed by atoms with van der Waals surface area (Å²) in [6.07, 6.45) is 2.55. The minimum absolute atomic E-state index is 0.0891. The molecule has 1 atom stereocenters. The molecule has 1 aromatic carbocycles. The predicted molar refractivity (Wildman–Crippen MR) is 74.1 cm³/mol. The standard InChI is InChI=1S/C12H12BrFN4O2/c1-2-9(13)10-7-17(16-15-10)6-8-4-3-5-11(12(8)14)18(19)20/h3-5,7,9H,2,6H2,1H3. The second-order valence-electron chi connectivity index (χ2n) is 4.22. The van der Waals surface area contributed by atoms with E-state index in [9.17, 15) is 14.5 Å². The molecular weight excluding hydrogens is 331 g/mol. The Balaban J connectivity index is 2.24. The lowest BCUT2D eigenvalue weighted by Gasteiger charge is -2.03. The summed E-state index contributed by atoms with van der Waals surface area (Å²) in [5.41, 5.74) is 0.423. The summed E-state index contributed by atoms with van der Waals surface area (Å²) in [7, 11) is 0. The highest BCUT2D eigenvalue weighted by Crippen LogP contribution is 2.24. The van der Waals surface area contributed by atoms with Crippen molar-refractivity contribution in [2.24, 2.45) is 0 Å². The molecule has 0 aliphatic rings. The second-order valence-corrected chi connectivity index (χ2v) is 5.33. The normalized spacial score (nSPS) is 12.3. The Morgan fingerprint density at radius 1 is 1.55 bits per heavy atom. The fraction of sp³-hybridized carbons (Fsp3) is 0.333. The summed E-state index contributed by atoms with van der Waals surface area (Å²) in [6.45, 7) is 2.10. The Hall–Kier alpha value is -1.83. The van der Waals surface area contributed by atoms with Gasteiger partial charge in [0.2, 0.25) is 5.82 Å². The monoisotopic (exact) mass is 342 g/mol. The maximum Gasteiger partial charge on any atom is 0.305 e. The van der Waals surface area contributed by atoms with Crippen molar-refractivity contribution >= 4 is 21.6 Å². The molecule has 0 aliphatic carbocycles. The van der Waals surface area contributed by atoms with E-state index in [0.717, 1.165) is 18.2 Å².